The van der Waals surface area contributed by atoms with Gasteiger partial charge in [0.05, 0.1) is 18.5 Å². The van der Waals surface area contributed by atoms with E-state index in [9.17, 15) is 23.4 Å². The van der Waals surface area contributed by atoms with Crippen LogP contribution >= 0.6 is 0 Å². The molecule has 2 fully saturated rings. The first-order chi connectivity index (χ1) is 8.79. The van der Waals surface area contributed by atoms with Gasteiger partial charge in [0, 0.05) is 32.1 Å². The second kappa shape index (κ2) is 5.35. The molecule has 2 heterocycles. The van der Waals surface area contributed by atoms with Gasteiger partial charge in [0.25, 0.3) is 0 Å². The number of carbonyl (C=O) groups is 1. The summed E-state index contributed by atoms with van der Waals surface area (Å²) in [4.78, 5) is 13.7. The van der Waals surface area contributed by atoms with Crippen LogP contribution in [0, 0.1) is 5.92 Å². The molecular formula is C11H20N2O5S. The zero-order valence-electron chi connectivity index (χ0n) is 10.9. The number of hydrogen-bond acceptors (Lipinski definition) is 5. The van der Waals surface area contributed by atoms with Crippen molar-refractivity contribution in [3.63, 3.8) is 0 Å². The van der Waals surface area contributed by atoms with Crippen molar-refractivity contribution < 1.29 is 23.4 Å². The van der Waals surface area contributed by atoms with E-state index in [-0.39, 0.29) is 24.9 Å². The predicted octanol–water partition coefficient (Wildman–Crippen LogP) is -1.78. The highest BCUT2D eigenvalue weighted by atomic mass is 32.2. The van der Waals surface area contributed by atoms with Crippen molar-refractivity contribution >= 4 is 15.9 Å². The predicted molar refractivity (Wildman–Crippen MR) is 67.7 cm³/mol. The number of β-amino-alcohol motifs (C(OH)–C–C–N with tert-alkyl or cyclic N) is 2. The Morgan fingerprint density at radius 2 is 1.58 bits per heavy atom. The van der Waals surface area contributed by atoms with Gasteiger partial charge in [0.1, 0.15) is 0 Å². The smallest absolute Gasteiger partial charge is 0.225 e. The lowest BCUT2D eigenvalue weighted by Gasteiger charge is -2.31. The van der Waals surface area contributed by atoms with Gasteiger partial charge >= 0.3 is 0 Å². The molecule has 110 valence electrons. The van der Waals surface area contributed by atoms with E-state index in [1.807, 2.05) is 0 Å². The maximum absolute atomic E-state index is 12.2. The molecule has 0 saturated carbocycles. The lowest BCUT2D eigenvalue weighted by molar-refractivity contribution is -0.136. The first-order valence-electron chi connectivity index (χ1n) is 6.39. The number of sulfonamides is 1. The largest absolute Gasteiger partial charge is 0.388 e. The van der Waals surface area contributed by atoms with Gasteiger partial charge < -0.3 is 15.1 Å². The summed E-state index contributed by atoms with van der Waals surface area (Å²) in [5.74, 6) is -0.306. The van der Waals surface area contributed by atoms with Gasteiger partial charge in [-0.25, -0.2) is 12.7 Å². The maximum Gasteiger partial charge on any atom is 0.225 e. The molecule has 0 bridgehead atoms. The van der Waals surface area contributed by atoms with E-state index in [1.54, 1.807) is 0 Å². The van der Waals surface area contributed by atoms with E-state index >= 15 is 0 Å². The number of piperidine rings is 1. The van der Waals surface area contributed by atoms with Gasteiger partial charge in [0.2, 0.25) is 15.9 Å². The highest BCUT2D eigenvalue weighted by Gasteiger charge is 2.37. The zero-order chi connectivity index (χ0) is 14.2. The average molecular weight is 292 g/mol. The lowest BCUT2D eigenvalue weighted by Crippen LogP contribution is -2.43. The number of hydrogen-bond donors (Lipinski definition) is 2. The van der Waals surface area contributed by atoms with Crippen LogP contribution in [0.15, 0.2) is 0 Å². The van der Waals surface area contributed by atoms with Crippen molar-refractivity contribution in [2.75, 3.05) is 32.4 Å². The molecule has 1 amide bonds. The minimum Gasteiger partial charge on any atom is -0.388 e. The van der Waals surface area contributed by atoms with Crippen molar-refractivity contribution in [2.24, 2.45) is 5.92 Å². The van der Waals surface area contributed by atoms with Crippen LogP contribution in [0.1, 0.15) is 12.8 Å². The minimum absolute atomic E-state index is 0.0937. The normalized spacial score (nSPS) is 30.8. The summed E-state index contributed by atoms with van der Waals surface area (Å²) in [6.07, 6.45) is 0.408. The molecule has 0 unspecified atom stereocenters. The zero-order valence-corrected chi connectivity index (χ0v) is 11.7. The van der Waals surface area contributed by atoms with Crippen LogP contribution < -0.4 is 0 Å². The summed E-state index contributed by atoms with van der Waals surface area (Å²) >= 11 is 0. The molecule has 0 aromatic rings. The van der Waals surface area contributed by atoms with Gasteiger partial charge in [-0.15, -0.1) is 0 Å². The molecule has 2 atom stereocenters. The second-order valence-electron chi connectivity index (χ2n) is 5.31. The van der Waals surface area contributed by atoms with E-state index < -0.39 is 22.2 Å². The Balaban J connectivity index is 1.90. The molecule has 19 heavy (non-hydrogen) atoms. The summed E-state index contributed by atoms with van der Waals surface area (Å²) in [6, 6.07) is 0. The monoisotopic (exact) mass is 292 g/mol. The van der Waals surface area contributed by atoms with Gasteiger partial charge in [-0.2, -0.15) is 0 Å². The molecule has 8 heteroatoms. The first kappa shape index (κ1) is 14.7. The van der Waals surface area contributed by atoms with E-state index in [0.717, 1.165) is 0 Å². The quantitative estimate of drug-likeness (QED) is 0.627. The van der Waals surface area contributed by atoms with Crippen molar-refractivity contribution in [2.45, 2.75) is 25.0 Å². The molecule has 2 aliphatic heterocycles. The second-order valence-corrected chi connectivity index (χ2v) is 7.30. The van der Waals surface area contributed by atoms with Crippen molar-refractivity contribution in [3.8, 4) is 0 Å². The Morgan fingerprint density at radius 3 is 2.00 bits per heavy atom. The van der Waals surface area contributed by atoms with E-state index in [1.165, 1.54) is 15.5 Å². The van der Waals surface area contributed by atoms with Crippen molar-refractivity contribution in [1.29, 1.82) is 0 Å². The van der Waals surface area contributed by atoms with Crippen LogP contribution in [0.5, 0.6) is 0 Å². The number of rotatable bonds is 2. The lowest BCUT2D eigenvalue weighted by atomic mass is 9.97. The number of aliphatic hydroxyl groups is 2. The summed E-state index contributed by atoms with van der Waals surface area (Å²) in [6.45, 7) is 1.03. The molecular weight excluding hydrogens is 272 g/mol. The maximum atomic E-state index is 12.2. The molecule has 0 aliphatic carbocycles. The third-order valence-electron chi connectivity index (χ3n) is 3.84. The molecule has 2 aliphatic rings. The third-order valence-corrected chi connectivity index (χ3v) is 5.15. The van der Waals surface area contributed by atoms with Gasteiger partial charge in [0.15, 0.2) is 0 Å². The Labute approximate surface area is 112 Å². The Kier molecular flexibility index (Phi) is 4.14. The number of nitrogens with zero attached hydrogens (tertiary/aromatic N) is 2. The van der Waals surface area contributed by atoms with Crippen LogP contribution in [0.4, 0.5) is 0 Å². The minimum atomic E-state index is -3.18. The van der Waals surface area contributed by atoms with Crippen LogP contribution in [0.2, 0.25) is 0 Å². The van der Waals surface area contributed by atoms with Gasteiger partial charge in [-0.3, -0.25) is 4.79 Å². The summed E-state index contributed by atoms with van der Waals surface area (Å²) < 4.78 is 24.1. The number of aliphatic hydroxyl groups excluding tert-OH is 2. The van der Waals surface area contributed by atoms with Crippen molar-refractivity contribution in [3.05, 3.63) is 0 Å². The van der Waals surface area contributed by atoms with Gasteiger partial charge in [-0.1, -0.05) is 0 Å². The fourth-order valence-electron chi connectivity index (χ4n) is 2.64. The van der Waals surface area contributed by atoms with Crippen LogP contribution in [-0.4, -0.2) is 78.4 Å². The fourth-order valence-corrected chi connectivity index (χ4v) is 3.52. The average Bonchev–Trinajstić information content (AvgIpc) is 2.68. The highest BCUT2D eigenvalue weighted by Crippen LogP contribution is 2.23. The Morgan fingerprint density at radius 1 is 1.11 bits per heavy atom. The molecule has 7 nitrogen and oxygen atoms in total. The Bertz CT molecular complexity index is 434. The SMILES string of the molecule is CS(=O)(=O)N1CCC(C(=O)N2C[C@@H](O)[C@@H](O)C2)CC1. The molecule has 2 rings (SSSR count). The number of carbonyl (C=O) groups excluding carboxylic acids is 1. The number of amides is 1. The highest BCUT2D eigenvalue weighted by molar-refractivity contribution is 7.88. The fraction of sp³-hybridized carbons (Fsp3) is 0.909. The molecule has 0 radical (unpaired) electrons. The number of likely N-dealkylation sites (tertiary alicyclic amines) is 1. The summed E-state index contributed by atoms with van der Waals surface area (Å²) in [7, 11) is -3.18. The molecule has 0 aromatic carbocycles. The van der Waals surface area contributed by atoms with E-state index in [4.69, 9.17) is 0 Å². The first-order valence-corrected chi connectivity index (χ1v) is 8.24. The topological polar surface area (TPSA) is 98.2 Å². The van der Waals surface area contributed by atoms with Crippen molar-refractivity contribution in [1.82, 2.24) is 9.21 Å². The van der Waals surface area contributed by atoms with E-state index in [0.29, 0.717) is 25.9 Å². The van der Waals surface area contributed by atoms with Crippen LogP contribution in [0.3, 0.4) is 0 Å². The summed E-state index contributed by atoms with van der Waals surface area (Å²) in [5.41, 5.74) is 0. The van der Waals surface area contributed by atoms with Crippen LogP contribution in [0.25, 0.3) is 0 Å². The molecule has 0 aromatic heterocycles. The Hall–Kier alpha value is -0.700. The standard InChI is InChI=1S/C11H20N2O5S/c1-19(17,18)13-4-2-8(3-5-13)11(16)12-6-9(14)10(15)7-12/h8-10,14-15H,2-7H2,1H3/t9-,10+. The summed E-state index contributed by atoms with van der Waals surface area (Å²) in [5, 5.41) is 18.9. The molecule has 2 N–H and O–H groups in total. The van der Waals surface area contributed by atoms with E-state index in [2.05, 4.69) is 0 Å². The van der Waals surface area contributed by atoms with Crippen LogP contribution in [-0.2, 0) is 14.8 Å². The van der Waals surface area contributed by atoms with Gasteiger partial charge in [-0.05, 0) is 12.8 Å². The molecule has 2 saturated heterocycles. The third kappa shape index (κ3) is 3.25. The molecule has 0 spiro atoms.